The van der Waals surface area contributed by atoms with Crippen LogP contribution in [0.15, 0.2) is 22.7 Å². The molecule has 4 heteroatoms. The van der Waals surface area contributed by atoms with Gasteiger partial charge in [-0.1, -0.05) is 22.9 Å². The Morgan fingerprint density at radius 3 is 2.86 bits per heavy atom. The number of ether oxygens (including phenoxy) is 1. The highest BCUT2D eigenvalue weighted by Gasteiger charge is 2.12. The van der Waals surface area contributed by atoms with E-state index in [1.165, 1.54) is 12.1 Å². The van der Waals surface area contributed by atoms with E-state index in [-0.39, 0.29) is 5.56 Å². The van der Waals surface area contributed by atoms with E-state index in [4.69, 9.17) is 4.74 Å². The molecular formula is C10H10BrFO2. The van der Waals surface area contributed by atoms with Gasteiger partial charge in [-0.15, -0.1) is 0 Å². The first-order valence-corrected chi connectivity index (χ1v) is 5.06. The predicted octanol–water partition coefficient (Wildman–Crippen LogP) is 3.16. The van der Waals surface area contributed by atoms with Crippen molar-refractivity contribution in [3.63, 3.8) is 0 Å². The van der Waals surface area contributed by atoms with Crippen molar-refractivity contribution >= 4 is 21.9 Å². The van der Waals surface area contributed by atoms with Crippen LogP contribution < -0.4 is 0 Å². The summed E-state index contributed by atoms with van der Waals surface area (Å²) < 4.78 is 18.6. The molecule has 1 rings (SSSR count). The largest absolute Gasteiger partial charge is 0.462 e. The predicted molar refractivity (Wildman–Crippen MR) is 54.7 cm³/mol. The number of esters is 1. The summed E-state index contributed by atoms with van der Waals surface area (Å²) in [7, 11) is 0. The molecule has 0 radical (unpaired) electrons. The monoisotopic (exact) mass is 260 g/mol. The van der Waals surface area contributed by atoms with E-state index >= 15 is 0 Å². The third kappa shape index (κ3) is 2.80. The van der Waals surface area contributed by atoms with Crippen molar-refractivity contribution in [2.45, 2.75) is 13.3 Å². The van der Waals surface area contributed by atoms with Crippen molar-refractivity contribution in [3.05, 3.63) is 34.1 Å². The highest BCUT2D eigenvalue weighted by molar-refractivity contribution is 9.10. The third-order valence-corrected chi connectivity index (χ3v) is 2.08. The lowest BCUT2D eigenvalue weighted by molar-refractivity contribution is 0.0500. The summed E-state index contributed by atoms with van der Waals surface area (Å²) in [5, 5.41) is 0. The molecule has 14 heavy (non-hydrogen) atoms. The van der Waals surface area contributed by atoms with Gasteiger partial charge in [0.1, 0.15) is 5.82 Å². The molecule has 2 nitrogen and oxygen atoms in total. The van der Waals surface area contributed by atoms with E-state index in [1.807, 2.05) is 6.92 Å². The summed E-state index contributed by atoms with van der Waals surface area (Å²) in [6, 6.07) is 4.24. The highest BCUT2D eigenvalue weighted by Crippen LogP contribution is 2.15. The van der Waals surface area contributed by atoms with Gasteiger partial charge in [0.25, 0.3) is 0 Å². The van der Waals surface area contributed by atoms with Crippen LogP contribution in [0.1, 0.15) is 23.7 Å². The van der Waals surface area contributed by atoms with Crippen LogP contribution in [0.3, 0.4) is 0 Å². The Labute approximate surface area is 90.2 Å². The number of benzene rings is 1. The summed E-state index contributed by atoms with van der Waals surface area (Å²) >= 11 is 3.11. The van der Waals surface area contributed by atoms with E-state index in [0.29, 0.717) is 11.1 Å². The minimum Gasteiger partial charge on any atom is -0.462 e. The quantitative estimate of drug-likeness (QED) is 0.781. The van der Waals surface area contributed by atoms with Gasteiger partial charge in [0.05, 0.1) is 12.2 Å². The minimum atomic E-state index is -0.614. The smallest absolute Gasteiger partial charge is 0.341 e. The van der Waals surface area contributed by atoms with Crippen molar-refractivity contribution in [3.8, 4) is 0 Å². The number of hydrogen-bond acceptors (Lipinski definition) is 2. The van der Waals surface area contributed by atoms with Crippen molar-refractivity contribution in [1.29, 1.82) is 0 Å². The molecular weight excluding hydrogens is 251 g/mol. The van der Waals surface area contributed by atoms with Crippen LogP contribution in [0.5, 0.6) is 0 Å². The maximum Gasteiger partial charge on any atom is 0.341 e. The fourth-order valence-corrected chi connectivity index (χ4v) is 1.26. The Morgan fingerprint density at radius 2 is 2.29 bits per heavy atom. The SMILES string of the molecule is CCCOC(=O)c1ccc(Br)cc1F. The fraction of sp³-hybridized carbons (Fsp3) is 0.300. The van der Waals surface area contributed by atoms with Crippen molar-refractivity contribution in [2.24, 2.45) is 0 Å². The van der Waals surface area contributed by atoms with E-state index < -0.39 is 11.8 Å². The second-order valence-electron chi connectivity index (χ2n) is 2.76. The maximum atomic E-state index is 13.2. The highest BCUT2D eigenvalue weighted by atomic mass is 79.9. The van der Waals surface area contributed by atoms with E-state index in [0.717, 1.165) is 6.42 Å². The van der Waals surface area contributed by atoms with Gasteiger partial charge in [-0.05, 0) is 24.6 Å². The standard InChI is InChI=1S/C10H10BrFO2/c1-2-5-14-10(13)8-4-3-7(11)6-9(8)12/h3-4,6H,2,5H2,1H3. The summed E-state index contributed by atoms with van der Waals surface area (Å²) in [5.41, 5.74) is -0.0262. The third-order valence-electron chi connectivity index (χ3n) is 1.59. The number of carbonyl (C=O) groups excluding carboxylic acids is 1. The first-order valence-electron chi connectivity index (χ1n) is 4.27. The second kappa shape index (κ2) is 5.10. The topological polar surface area (TPSA) is 26.3 Å². The first kappa shape index (κ1) is 11.2. The molecule has 0 fully saturated rings. The molecule has 1 aromatic rings. The van der Waals surface area contributed by atoms with Crippen molar-refractivity contribution in [1.82, 2.24) is 0 Å². The van der Waals surface area contributed by atoms with Gasteiger partial charge in [0, 0.05) is 4.47 Å². The van der Waals surface area contributed by atoms with Gasteiger partial charge in [-0.2, -0.15) is 0 Å². The second-order valence-corrected chi connectivity index (χ2v) is 3.68. The van der Waals surface area contributed by atoms with Crippen LogP contribution in [0.25, 0.3) is 0 Å². The maximum absolute atomic E-state index is 13.2. The van der Waals surface area contributed by atoms with Gasteiger partial charge in [-0.3, -0.25) is 0 Å². The molecule has 0 atom stereocenters. The molecule has 0 N–H and O–H groups in total. The zero-order valence-corrected chi connectivity index (χ0v) is 9.30. The van der Waals surface area contributed by atoms with Gasteiger partial charge in [-0.25, -0.2) is 9.18 Å². The van der Waals surface area contributed by atoms with Crippen molar-refractivity contribution < 1.29 is 13.9 Å². The number of halogens is 2. The Kier molecular flexibility index (Phi) is 4.07. The Balaban J connectivity index is 2.80. The van der Waals surface area contributed by atoms with Crippen LogP contribution in [-0.4, -0.2) is 12.6 Å². The van der Waals surface area contributed by atoms with Crippen LogP contribution in [0.2, 0.25) is 0 Å². The molecule has 1 aromatic carbocycles. The number of carbonyl (C=O) groups is 1. The van der Waals surface area contributed by atoms with E-state index in [9.17, 15) is 9.18 Å². The van der Waals surface area contributed by atoms with Gasteiger partial charge in [0.15, 0.2) is 0 Å². The molecule has 0 saturated carbocycles. The Hall–Kier alpha value is -0.900. The molecule has 76 valence electrons. The lowest BCUT2D eigenvalue weighted by Gasteiger charge is -2.03. The molecule has 0 bridgehead atoms. The van der Waals surface area contributed by atoms with Crippen LogP contribution in [0, 0.1) is 5.82 Å². The Morgan fingerprint density at radius 1 is 1.57 bits per heavy atom. The molecule has 0 saturated heterocycles. The van der Waals surface area contributed by atoms with Gasteiger partial charge >= 0.3 is 5.97 Å². The zero-order chi connectivity index (χ0) is 10.6. The average molecular weight is 261 g/mol. The zero-order valence-electron chi connectivity index (χ0n) is 7.72. The lowest BCUT2D eigenvalue weighted by Crippen LogP contribution is -2.07. The van der Waals surface area contributed by atoms with E-state index in [1.54, 1.807) is 6.07 Å². The summed E-state index contributed by atoms with van der Waals surface area (Å²) in [4.78, 5) is 11.3. The van der Waals surface area contributed by atoms with E-state index in [2.05, 4.69) is 15.9 Å². The number of rotatable bonds is 3. The Bertz CT molecular complexity index is 339. The summed E-state index contributed by atoms with van der Waals surface area (Å²) in [6.07, 6.45) is 0.726. The molecule has 0 aliphatic rings. The van der Waals surface area contributed by atoms with Crippen molar-refractivity contribution in [2.75, 3.05) is 6.61 Å². The first-order chi connectivity index (χ1) is 6.65. The van der Waals surface area contributed by atoms with Gasteiger partial charge < -0.3 is 4.74 Å². The average Bonchev–Trinajstić information content (AvgIpc) is 2.14. The normalized spacial score (nSPS) is 9.93. The molecule has 0 spiro atoms. The molecule has 0 aromatic heterocycles. The molecule has 0 aliphatic heterocycles. The molecule has 0 unspecified atom stereocenters. The van der Waals surface area contributed by atoms with Crippen LogP contribution in [0.4, 0.5) is 4.39 Å². The molecule has 0 amide bonds. The molecule has 0 aliphatic carbocycles. The summed E-state index contributed by atoms with van der Waals surface area (Å²) in [5.74, 6) is -1.18. The van der Waals surface area contributed by atoms with Gasteiger partial charge in [0.2, 0.25) is 0 Å². The lowest BCUT2D eigenvalue weighted by atomic mass is 10.2. The summed E-state index contributed by atoms with van der Waals surface area (Å²) in [6.45, 7) is 2.19. The number of hydrogen-bond donors (Lipinski definition) is 0. The minimum absolute atomic E-state index is 0.0262. The van der Waals surface area contributed by atoms with Crippen LogP contribution >= 0.6 is 15.9 Å². The molecule has 0 heterocycles. The van der Waals surface area contributed by atoms with Crippen LogP contribution in [-0.2, 0) is 4.74 Å². The fourth-order valence-electron chi connectivity index (χ4n) is 0.928.